The number of nitrogens with zero attached hydrogens (tertiary/aromatic N) is 1. The standard InChI is InChI=1S/C18H20BrN3O2.2ClH/c19-14-5-1-6-15(10-14)24-18-16(7-3-9-21-18)17(23)22-12-13-4-2-8-20-11-13;;/h1,3,5-7,9-10,13,20H,2,4,8,11-12H2,(H,22,23);2*1H. The second-order valence-corrected chi connectivity index (χ2v) is 6.75. The molecule has 0 saturated carbocycles. The van der Waals surface area contributed by atoms with Gasteiger partial charge in [-0.05, 0) is 62.2 Å². The average molecular weight is 463 g/mol. The van der Waals surface area contributed by atoms with Gasteiger partial charge in [0.15, 0.2) is 0 Å². The van der Waals surface area contributed by atoms with Crippen LogP contribution in [0.1, 0.15) is 23.2 Å². The number of aromatic nitrogens is 1. The molecular weight excluding hydrogens is 441 g/mol. The minimum absolute atomic E-state index is 0. The lowest BCUT2D eigenvalue weighted by atomic mass is 10.00. The number of halogens is 3. The van der Waals surface area contributed by atoms with Crippen molar-refractivity contribution in [2.45, 2.75) is 12.8 Å². The largest absolute Gasteiger partial charge is 0.438 e. The summed E-state index contributed by atoms with van der Waals surface area (Å²) in [6.45, 7) is 2.68. The van der Waals surface area contributed by atoms with Crippen molar-refractivity contribution in [1.82, 2.24) is 15.6 Å². The molecule has 0 aliphatic carbocycles. The fourth-order valence-electron chi connectivity index (χ4n) is 2.72. The highest BCUT2D eigenvalue weighted by Crippen LogP contribution is 2.25. The van der Waals surface area contributed by atoms with Crippen LogP contribution in [0.4, 0.5) is 0 Å². The van der Waals surface area contributed by atoms with Crippen molar-refractivity contribution in [2.24, 2.45) is 5.92 Å². The predicted molar refractivity (Wildman–Crippen MR) is 111 cm³/mol. The van der Waals surface area contributed by atoms with E-state index >= 15 is 0 Å². The summed E-state index contributed by atoms with van der Waals surface area (Å²) in [6, 6.07) is 10.9. The molecule has 2 heterocycles. The molecule has 1 saturated heterocycles. The van der Waals surface area contributed by atoms with Crippen LogP contribution < -0.4 is 15.4 Å². The van der Waals surface area contributed by atoms with Crippen LogP contribution >= 0.6 is 40.7 Å². The summed E-state index contributed by atoms with van der Waals surface area (Å²) in [4.78, 5) is 16.7. The van der Waals surface area contributed by atoms with Crippen molar-refractivity contribution < 1.29 is 9.53 Å². The van der Waals surface area contributed by atoms with Gasteiger partial charge in [0.05, 0.1) is 0 Å². The van der Waals surface area contributed by atoms with E-state index in [1.165, 1.54) is 0 Å². The number of rotatable bonds is 5. The van der Waals surface area contributed by atoms with E-state index in [1.807, 2.05) is 24.3 Å². The molecule has 142 valence electrons. The summed E-state index contributed by atoms with van der Waals surface area (Å²) in [5.74, 6) is 1.27. The molecule has 0 bridgehead atoms. The molecule has 1 unspecified atom stereocenters. The van der Waals surface area contributed by atoms with Gasteiger partial charge in [0.25, 0.3) is 5.91 Å². The zero-order chi connectivity index (χ0) is 16.8. The molecule has 0 radical (unpaired) electrons. The second-order valence-electron chi connectivity index (χ2n) is 5.84. The third-order valence-corrected chi connectivity index (χ3v) is 4.47. The highest BCUT2D eigenvalue weighted by atomic mass is 79.9. The maximum Gasteiger partial charge on any atom is 0.256 e. The van der Waals surface area contributed by atoms with Gasteiger partial charge in [0, 0.05) is 17.2 Å². The molecule has 1 aliphatic rings. The minimum Gasteiger partial charge on any atom is -0.438 e. The average Bonchev–Trinajstić information content (AvgIpc) is 2.61. The lowest BCUT2D eigenvalue weighted by molar-refractivity contribution is 0.0942. The minimum atomic E-state index is -0.154. The van der Waals surface area contributed by atoms with Crippen molar-refractivity contribution >= 4 is 46.7 Å². The summed E-state index contributed by atoms with van der Waals surface area (Å²) in [7, 11) is 0. The van der Waals surface area contributed by atoms with Gasteiger partial charge in [-0.1, -0.05) is 22.0 Å². The van der Waals surface area contributed by atoms with Crippen LogP contribution in [0.15, 0.2) is 47.1 Å². The van der Waals surface area contributed by atoms with Crippen LogP contribution in [0, 0.1) is 5.92 Å². The SMILES string of the molecule is Cl.Cl.O=C(NCC1CCCNC1)c1cccnc1Oc1cccc(Br)c1. The molecule has 1 aromatic heterocycles. The molecule has 1 aromatic carbocycles. The number of nitrogens with one attached hydrogen (secondary N) is 2. The van der Waals surface area contributed by atoms with Gasteiger partial charge < -0.3 is 15.4 Å². The number of hydrogen-bond acceptors (Lipinski definition) is 4. The monoisotopic (exact) mass is 461 g/mol. The Kier molecular flexibility index (Phi) is 9.94. The number of carbonyl (C=O) groups is 1. The third kappa shape index (κ3) is 6.43. The topological polar surface area (TPSA) is 63.2 Å². The molecule has 0 spiro atoms. The molecule has 1 amide bonds. The zero-order valence-corrected chi connectivity index (χ0v) is 17.3. The summed E-state index contributed by atoms with van der Waals surface area (Å²) < 4.78 is 6.70. The first-order chi connectivity index (χ1) is 11.7. The lowest BCUT2D eigenvalue weighted by Crippen LogP contribution is -2.38. The van der Waals surface area contributed by atoms with E-state index < -0.39 is 0 Å². The van der Waals surface area contributed by atoms with Gasteiger partial charge >= 0.3 is 0 Å². The van der Waals surface area contributed by atoms with Crippen molar-refractivity contribution in [3.8, 4) is 11.6 Å². The molecular formula is C18H22BrCl2N3O2. The number of ether oxygens (including phenoxy) is 1. The third-order valence-electron chi connectivity index (χ3n) is 3.98. The molecule has 2 N–H and O–H groups in total. The van der Waals surface area contributed by atoms with Gasteiger partial charge in [-0.25, -0.2) is 4.98 Å². The van der Waals surface area contributed by atoms with Gasteiger partial charge in [-0.2, -0.15) is 0 Å². The highest BCUT2D eigenvalue weighted by molar-refractivity contribution is 9.10. The lowest BCUT2D eigenvalue weighted by Gasteiger charge is -2.23. The van der Waals surface area contributed by atoms with Crippen LogP contribution in [0.5, 0.6) is 11.6 Å². The smallest absolute Gasteiger partial charge is 0.256 e. The summed E-state index contributed by atoms with van der Waals surface area (Å²) in [6.07, 6.45) is 3.92. The molecule has 8 heteroatoms. The van der Waals surface area contributed by atoms with Gasteiger partial charge in [-0.3, -0.25) is 4.79 Å². The van der Waals surface area contributed by atoms with Crippen LogP contribution in [0.2, 0.25) is 0 Å². The Morgan fingerprint density at radius 1 is 1.31 bits per heavy atom. The second kappa shape index (κ2) is 11.4. The molecule has 2 aromatic rings. The first-order valence-corrected chi connectivity index (χ1v) is 8.89. The highest BCUT2D eigenvalue weighted by Gasteiger charge is 2.17. The number of benzene rings is 1. The number of piperidine rings is 1. The Labute approximate surface area is 174 Å². The quantitative estimate of drug-likeness (QED) is 0.698. The summed E-state index contributed by atoms with van der Waals surface area (Å²) in [5.41, 5.74) is 0.446. The number of carbonyl (C=O) groups excluding carboxylic acids is 1. The maximum absolute atomic E-state index is 12.5. The summed E-state index contributed by atoms with van der Waals surface area (Å²) >= 11 is 3.41. The first kappa shape index (κ1) is 22.7. The zero-order valence-electron chi connectivity index (χ0n) is 14.1. The first-order valence-electron chi connectivity index (χ1n) is 8.10. The van der Waals surface area contributed by atoms with Crippen molar-refractivity contribution in [2.75, 3.05) is 19.6 Å². The fraction of sp³-hybridized carbons (Fsp3) is 0.333. The van der Waals surface area contributed by atoms with E-state index in [9.17, 15) is 4.79 Å². The van der Waals surface area contributed by atoms with Crippen LogP contribution in [-0.4, -0.2) is 30.5 Å². The fourth-order valence-corrected chi connectivity index (χ4v) is 3.10. The Bertz CT molecular complexity index is 712. The Morgan fingerprint density at radius 2 is 2.15 bits per heavy atom. The van der Waals surface area contributed by atoms with E-state index in [0.29, 0.717) is 29.7 Å². The van der Waals surface area contributed by atoms with E-state index in [2.05, 4.69) is 31.5 Å². The molecule has 1 aliphatic heterocycles. The van der Waals surface area contributed by atoms with Crippen molar-refractivity contribution in [3.63, 3.8) is 0 Å². The van der Waals surface area contributed by atoms with E-state index in [0.717, 1.165) is 30.4 Å². The molecule has 1 atom stereocenters. The van der Waals surface area contributed by atoms with Crippen molar-refractivity contribution in [1.29, 1.82) is 0 Å². The van der Waals surface area contributed by atoms with Crippen LogP contribution in [0.3, 0.4) is 0 Å². The number of hydrogen-bond donors (Lipinski definition) is 2. The molecule has 5 nitrogen and oxygen atoms in total. The van der Waals surface area contributed by atoms with E-state index in [-0.39, 0.29) is 30.7 Å². The molecule has 26 heavy (non-hydrogen) atoms. The van der Waals surface area contributed by atoms with Crippen LogP contribution in [-0.2, 0) is 0 Å². The Morgan fingerprint density at radius 3 is 2.88 bits per heavy atom. The van der Waals surface area contributed by atoms with Crippen molar-refractivity contribution in [3.05, 3.63) is 52.6 Å². The van der Waals surface area contributed by atoms with E-state index in [4.69, 9.17) is 4.74 Å². The Balaban J connectivity index is 0.00000169. The van der Waals surface area contributed by atoms with Gasteiger partial charge in [-0.15, -0.1) is 24.8 Å². The van der Waals surface area contributed by atoms with E-state index in [1.54, 1.807) is 18.3 Å². The Hall–Kier alpha value is -1.34. The maximum atomic E-state index is 12.5. The molecule has 3 rings (SSSR count). The van der Waals surface area contributed by atoms with Gasteiger partial charge in [0.2, 0.25) is 5.88 Å². The van der Waals surface area contributed by atoms with Crippen LogP contribution in [0.25, 0.3) is 0 Å². The normalized spacial score (nSPS) is 16.0. The van der Waals surface area contributed by atoms with Gasteiger partial charge in [0.1, 0.15) is 11.3 Å². The molecule has 1 fully saturated rings. The number of amides is 1. The predicted octanol–water partition coefficient (Wildman–Crippen LogP) is 4.21. The number of pyridine rings is 1. The summed E-state index contributed by atoms with van der Waals surface area (Å²) in [5, 5.41) is 6.35.